The van der Waals surface area contributed by atoms with Gasteiger partial charge in [0.05, 0.1) is 25.5 Å². The summed E-state index contributed by atoms with van der Waals surface area (Å²) in [7, 11) is 1.53. The number of aliphatic hydroxyl groups excluding tert-OH is 2. The number of aromatic hydroxyl groups is 1. The Morgan fingerprint density at radius 2 is 2.00 bits per heavy atom. The van der Waals surface area contributed by atoms with E-state index in [0.29, 0.717) is 34.3 Å². The smallest absolute Gasteiger partial charge is 0.231 e. The predicted octanol–water partition coefficient (Wildman–Crippen LogP) is 2.62. The van der Waals surface area contributed by atoms with Crippen LogP contribution in [0.5, 0.6) is 23.0 Å². The second kappa shape index (κ2) is 8.48. The number of fused-ring (bicyclic) bond motifs is 1. The number of hydrogen-bond acceptors (Lipinski definition) is 8. The Morgan fingerprint density at radius 1 is 1.13 bits per heavy atom. The third-order valence-electron chi connectivity index (χ3n) is 4.74. The number of phenols is 1. The minimum absolute atomic E-state index is 0.0261. The lowest BCUT2D eigenvalue weighted by atomic mass is 10.0. The molecule has 2 aromatic carbocycles. The Labute approximate surface area is 173 Å². The van der Waals surface area contributed by atoms with Crippen LogP contribution in [0.15, 0.2) is 48.5 Å². The molecule has 0 bridgehead atoms. The van der Waals surface area contributed by atoms with Gasteiger partial charge >= 0.3 is 0 Å². The minimum Gasteiger partial charge on any atom is -0.507 e. The molecule has 2 heterocycles. The number of nitrogens with zero attached hydrogens (tertiary/aromatic N) is 1. The molecule has 0 radical (unpaired) electrons. The van der Waals surface area contributed by atoms with Crippen molar-refractivity contribution in [2.45, 2.75) is 6.10 Å². The highest BCUT2D eigenvalue weighted by Gasteiger charge is 2.20. The van der Waals surface area contributed by atoms with E-state index in [0.717, 1.165) is 11.1 Å². The van der Waals surface area contributed by atoms with Crippen LogP contribution >= 0.6 is 0 Å². The molecule has 4 N–H and O–H groups in total. The normalized spacial score (nSPS) is 13.2. The van der Waals surface area contributed by atoms with E-state index in [2.05, 4.69) is 10.3 Å². The van der Waals surface area contributed by atoms with Crippen LogP contribution in [-0.4, -0.2) is 53.5 Å². The highest BCUT2D eigenvalue weighted by Crippen LogP contribution is 2.43. The molecule has 0 spiro atoms. The van der Waals surface area contributed by atoms with Gasteiger partial charge in [-0.15, -0.1) is 0 Å². The summed E-state index contributed by atoms with van der Waals surface area (Å²) < 4.78 is 16.3. The number of hydrogen-bond donors (Lipinski definition) is 4. The Morgan fingerprint density at radius 3 is 2.77 bits per heavy atom. The molecule has 1 atom stereocenters. The maximum atomic E-state index is 10.5. The number of phenolic OH excluding ortho intramolecular Hbond substituents is 1. The second-order valence-electron chi connectivity index (χ2n) is 6.77. The van der Waals surface area contributed by atoms with E-state index in [1.165, 1.54) is 13.2 Å². The van der Waals surface area contributed by atoms with Crippen molar-refractivity contribution in [3.8, 4) is 45.4 Å². The highest BCUT2D eigenvalue weighted by molar-refractivity contribution is 5.81. The van der Waals surface area contributed by atoms with Crippen LogP contribution in [0.25, 0.3) is 22.4 Å². The molecule has 0 fully saturated rings. The van der Waals surface area contributed by atoms with E-state index >= 15 is 0 Å². The second-order valence-corrected chi connectivity index (χ2v) is 6.77. The largest absolute Gasteiger partial charge is 0.507 e. The van der Waals surface area contributed by atoms with Gasteiger partial charge in [0.2, 0.25) is 6.79 Å². The fraction of sp³-hybridized carbons (Fsp3) is 0.227. The molecule has 8 nitrogen and oxygen atoms in total. The molecule has 4 rings (SSSR count). The molecule has 0 saturated heterocycles. The lowest BCUT2D eigenvalue weighted by Crippen LogP contribution is -2.23. The highest BCUT2D eigenvalue weighted by atomic mass is 16.7. The first-order valence-electron chi connectivity index (χ1n) is 9.40. The lowest BCUT2D eigenvalue weighted by molar-refractivity contribution is 0.105. The van der Waals surface area contributed by atoms with Crippen molar-refractivity contribution in [3.05, 3.63) is 48.5 Å². The van der Waals surface area contributed by atoms with Crippen molar-refractivity contribution in [1.82, 2.24) is 4.98 Å². The average Bonchev–Trinajstić information content (AvgIpc) is 3.26. The monoisotopic (exact) mass is 410 g/mol. The first kappa shape index (κ1) is 19.8. The van der Waals surface area contributed by atoms with Gasteiger partial charge in [-0.3, -0.25) is 0 Å². The van der Waals surface area contributed by atoms with Gasteiger partial charge in [0.1, 0.15) is 17.3 Å². The van der Waals surface area contributed by atoms with Gasteiger partial charge in [-0.05, 0) is 35.9 Å². The standard InChI is InChI=1S/C22H22N2O6/c1-28-15-5-6-17(19(27)9-15)18-7-13(8-21(24-18)23-10-14(26)11-25)16-3-2-4-20-22(16)30-12-29-20/h2-9,14,25-27H,10-12H2,1H3,(H,23,24). The lowest BCUT2D eigenvalue weighted by Gasteiger charge is -2.15. The number of rotatable bonds is 7. The summed E-state index contributed by atoms with van der Waals surface area (Å²) >= 11 is 0. The summed E-state index contributed by atoms with van der Waals surface area (Å²) in [4.78, 5) is 4.57. The molecule has 0 saturated carbocycles. The number of pyridine rings is 1. The number of nitrogens with one attached hydrogen (secondary N) is 1. The molecule has 1 aliphatic rings. The summed E-state index contributed by atoms with van der Waals surface area (Å²) in [5, 5.41) is 32.3. The number of anilines is 1. The number of aromatic nitrogens is 1. The number of benzene rings is 2. The molecular formula is C22H22N2O6. The average molecular weight is 410 g/mol. The zero-order valence-electron chi connectivity index (χ0n) is 16.3. The topological polar surface area (TPSA) is 113 Å². The van der Waals surface area contributed by atoms with Crippen LogP contribution in [-0.2, 0) is 0 Å². The number of ether oxygens (including phenoxy) is 3. The fourth-order valence-corrected chi connectivity index (χ4v) is 3.21. The zero-order chi connectivity index (χ0) is 21.1. The predicted molar refractivity (Wildman–Crippen MR) is 111 cm³/mol. The van der Waals surface area contributed by atoms with Crippen molar-refractivity contribution in [3.63, 3.8) is 0 Å². The Bertz CT molecular complexity index is 1060. The summed E-state index contributed by atoms with van der Waals surface area (Å²) in [6.45, 7) is -0.0962. The molecular weight excluding hydrogens is 388 g/mol. The fourth-order valence-electron chi connectivity index (χ4n) is 3.21. The molecule has 8 heteroatoms. The SMILES string of the molecule is COc1ccc(-c2cc(-c3cccc4c3OCO4)cc(NCC(O)CO)n2)c(O)c1. The third-order valence-corrected chi connectivity index (χ3v) is 4.74. The van der Waals surface area contributed by atoms with Crippen molar-refractivity contribution in [2.24, 2.45) is 0 Å². The van der Waals surface area contributed by atoms with Crippen LogP contribution in [0, 0.1) is 0 Å². The Hall–Kier alpha value is -3.49. The summed E-state index contributed by atoms with van der Waals surface area (Å²) in [5.41, 5.74) is 2.64. The molecule has 1 aliphatic heterocycles. The van der Waals surface area contributed by atoms with Gasteiger partial charge in [0, 0.05) is 23.7 Å². The first-order chi connectivity index (χ1) is 14.6. The molecule has 1 aromatic heterocycles. The van der Waals surface area contributed by atoms with Crippen molar-refractivity contribution in [1.29, 1.82) is 0 Å². The van der Waals surface area contributed by atoms with Crippen molar-refractivity contribution < 1.29 is 29.5 Å². The van der Waals surface area contributed by atoms with Crippen LogP contribution < -0.4 is 19.5 Å². The number of aliphatic hydroxyl groups is 2. The van der Waals surface area contributed by atoms with Crippen molar-refractivity contribution in [2.75, 3.05) is 32.4 Å². The number of para-hydroxylation sites is 1. The molecule has 0 aliphatic carbocycles. The maximum Gasteiger partial charge on any atom is 0.231 e. The third kappa shape index (κ3) is 3.96. The molecule has 156 valence electrons. The first-order valence-corrected chi connectivity index (χ1v) is 9.40. The van der Waals surface area contributed by atoms with E-state index in [-0.39, 0.29) is 25.7 Å². The molecule has 3 aromatic rings. The van der Waals surface area contributed by atoms with Crippen molar-refractivity contribution >= 4 is 5.82 Å². The summed E-state index contributed by atoms with van der Waals surface area (Å²) in [5.74, 6) is 2.32. The molecule has 30 heavy (non-hydrogen) atoms. The quantitative estimate of drug-likeness (QED) is 0.470. The molecule has 0 amide bonds. The number of methoxy groups -OCH3 is 1. The zero-order valence-corrected chi connectivity index (χ0v) is 16.3. The van der Waals surface area contributed by atoms with E-state index in [1.54, 1.807) is 12.1 Å². The van der Waals surface area contributed by atoms with Crippen LogP contribution in [0.2, 0.25) is 0 Å². The Kier molecular flexibility index (Phi) is 5.60. The van der Waals surface area contributed by atoms with Gasteiger partial charge in [0.15, 0.2) is 11.5 Å². The van der Waals surface area contributed by atoms with Gasteiger partial charge in [-0.2, -0.15) is 0 Å². The van der Waals surface area contributed by atoms with E-state index in [4.69, 9.17) is 19.3 Å². The van der Waals surface area contributed by atoms with E-state index in [1.807, 2.05) is 30.3 Å². The summed E-state index contributed by atoms with van der Waals surface area (Å²) in [6, 6.07) is 14.2. The summed E-state index contributed by atoms with van der Waals surface area (Å²) in [6.07, 6.45) is -0.925. The molecule has 1 unspecified atom stereocenters. The van der Waals surface area contributed by atoms with Crippen LogP contribution in [0.3, 0.4) is 0 Å². The van der Waals surface area contributed by atoms with Gasteiger partial charge in [-0.1, -0.05) is 12.1 Å². The maximum absolute atomic E-state index is 10.5. The minimum atomic E-state index is -0.925. The van der Waals surface area contributed by atoms with Gasteiger partial charge in [0.25, 0.3) is 0 Å². The van der Waals surface area contributed by atoms with Gasteiger partial charge in [-0.25, -0.2) is 4.98 Å². The van der Waals surface area contributed by atoms with Gasteiger partial charge < -0.3 is 34.8 Å². The van der Waals surface area contributed by atoms with E-state index in [9.17, 15) is 10.2 Å². The Balaban J connectivity index is 1.80. The van der Waals surface area contributed by atoms with E-state index < -0.39 is 6.10 Å². The van der Waals surface area contributed by atoms with Crippen LogP contribution in [0.1, 0.15) is 0 Å². The van der Waals surface area contributed by atoms with Crippen LogP contribution in [0.4, 0.5) is 5.82 Å².